The Labute approximate surface area is 90.2 Å². The molecule has 0 atom stereocenters. The monoisotopic (exact) mass is 209 g/mol. The van der Waals surface area contributed by atoms with E-state index in [1.54, 1.807) is 0 Å². The zero-order chi connectivity index (χ0) is 10.7. The molecule has 4 nitrogen and oxygen atoms in total. The molecule has 0 saturated heterocycles. The normalized spacial score (nSPS) is 31.7. The molecule has 0 aliphatic heterocycles. The van der Waals surface area contributed by atoms with Gasteiger partial charge in [0, 0.05) is 0 Å². The summed E-state index contributed by atoms with van der Waals surface area (Å²) in [6.45, 7) is 2.24. The summed E-state index contributed by atoms with van der Waals surface area (Å²) in [6.07, 6.45) is 8.31. The third-order valence-corrected chi connectivity index (χ3v) is 3.50. The van der Waals surface area contributed by atoms with Crippen LogP contribution in [0.5, 0.6) is 0 Å². The van der Waals surface area contributed by atoms with Crippen LogP contribution in [0.2, 0.25) is 0 Å². The van der Waals surface area contributed by atoms with E-state index in [4.69, 9.17) is 10.3 Å². The Balaban J connectivity index is 1.97. The van der Waals surface area contributed by atoms with E-state index in [-0.39, 0.29) is 5.54 Å². The standard InChI is InChI=1S/C11H19N3O/c1-2-3-9-4-6-11(12,7-5-9)10-13-8-15-14-10/h8-9H,2-7,12H2,1H3. The lowest BCUT2D eigenvalue weighted by molar-refractivity contribution is 0.212. The van der Waals surface area contributed by atoms with Crippen molar-refractivity contribution in [3.05, 3.63) is 12.2 Å². The Morgan fingerprint density at radius 1 is 1.53 bits per heavy atom. The fourth-order valence-electron chi connectivity index (χ4n) is 2.50. The van der Waals surface area contributed by atoms with Gasteiger partial charge in [0.15, 0.2) is 5.82 Å². The highest BCUT2D eigenvalue weighted by molar-refractivity contribution is 5.03. The Kier molecular flexibility index (Phi) is 3.05. The molecular weight excluding hydrogens is 190 g/mol. The van der Waals surface area contributed by atoms with Gasteiger partial charge < -0.3 is 10.3 Å². The first-order valence-electron chi connectivity index (χ1n) is 5.80. The fraction of sp³-hybridized carbons (Fsp3) is 0.818. The summed E-state index contributed by atoms with van der Waals surface area (Å²) in [5.41, 5.74) is 5.96. The smallest absolute Gasteiger partial charge is 0.213 e. The van der Waals surface area contributed by atoms with Crippen LogP contribution in [-0.4, -0.2) is 10.1 Å². The van der Waals surface area contributed by atoms with Crippen LogP contribution < -0.4 is 5.73 Å². The van der Waals surface area contributed by atoms with E-state index >= 15 is 0 Å². The van der Waals surface area contributed by atoms with Gasteiger partial charge >= 0.3 is 0 Å². The highest BCUT2D eigenvalue weighted by Gasteiger charge is 2.36. The number of hydrogen-bond donors (Lipinski definition) is 1. The Morgan fingerprint density at radius 2 is 2.27 bits per heavy atom. The van der Waals surface area contributed by atoms with Crippen molar-refractivity contribution >= 4 is 0 Å². The maximum atomic E-state index is 6.30. The molecule has 0 unspecified atom stereocenters. The summed E-state index contributed by atoms with van der Waals surface area (Å²) in [6, 6.07) is 0. The summed E-state index contributed by atoms with van der Waals surface area (Å²) in [5, 5.41) is 3.87. The maximum Gasteiger partial charge on any atom is 0.213 e. The molecule has 84 valence electrons. The minimum absolute atomic E-state index is 0.336. The van der Waals surface area contributed by atoms with E-state index in [0.29, 0.717) is 5.82 Å². The molecule has 0 bridgehead atoms. The lowest BCUT2D eigenvalue weighted by Crippen LogP contribution is -2.41. The molecule has 4 heteroatoms. The predicted molar refractivity (Wildman–Crippen MR) is 57.0 cm³/mol. The third kappa shape index (κ3) is 2.20. The second kappa shape index (κ2) is 4.31. The van der Waals surface area contributed by atoms with Crippen LogP contribution in [-0.2, 0) is 5.54 Å². The highest BCUT2D eigenvalue weighted by atomic mass is 16.5. The van der Waals surface area contributed by atoms with Gasteiger partial charge in [-0.2, -0.15) is 4.98 Å². The second-order valence-corrected chi connectivity index (χ2v) is 4.64. The number of hydrogen-bond acceptors (Lipinski definition) is 4. The summed E-state index contributed by atoms with van der Waals surface area (Å²) >= 11 is 0. The summed E-state index contributed by atoms with van der Waals surface area (Å²) in [7, 11) is 0. The van der Waals surface area contributed by atoms with Gasteiger partial charge in [0.1, 0.15) is 0 Å². The number of nitrogens with two attached hydrogens (primary N) is 1. The van der Waals surface area contributed by atoms with Crippen molar-refractivity contribution in [1.29, 1.82) is 0 Å². The first-order chi connectivity index (χ1) is 7.24. The Bertz CT molecular complexity index is 289. The largest absolute Gasteiger partial charge is 0.343 e. The molecule has 15 heavy (non-hydrogen) atoms. The molecule has 1 heterocycles. The molecule has 0 amide bonds. The van der Waals surface area contributed by atoms with Crippen molar-refractivity contribution in [1.82, 2.24) is 10.1 Å². The van der Waals surface area contributed by atoms with Crippen molar-refractivity contribution in [2.24, 2.45) is 11.7 Å². The van der Waals surface area contributed by atoms with Gasteiger partial charge in [-0.15, -0.1) is 0 Å². The van der Waals surface area contributed by atoms with Crippen LogP contribution in [0.15, 0.2) is 10.9 Å². The van der Waals surface area contributed by atoms with Crippen LogP contribution in [0.3, 0.4) is 0 Å². The summed E-state index contributed by atoms with van der Waals surface area (Å²) < 4.78 is 4.77. The molecule has 2 rings (SSSR count). The maximum absolute atomic E-state index is 6.30. The zero-order valence-electron chi connectivity index (χ0n) is 9.28. The van der Waals surface area contributed by atoms with Crippen molar-refractivity contribution < 1.29 is 4.52 Å². The molecule has 0 spiro atoms. The Morgan fingerprint density at radius 3 is 2.80 bits per heavy atom. The van der Waals surface area contributed by atoms with Crippen LogP contribution in [0, 0.1) is 5.92 Å². The van der Waals surface area contributed by atoms with Crippen LogP contribution >= 0.6 is 0 Å². The van der Waals surface area contributed by atoms with E-state index in [2.05, 4.69) is 17.1 Å². The van der Waals surface area contributed by atoms with E-state index in [0.717, 1.165) is 18.8 Å². The van der Waals surface area contributed by atoms with Gasteiger partial charge in [-0.05, 0) is 31.6 Å². The third-order valence-electron chi connectivity index (χ3n) is 3.50. The van der Waals surface area contributed by atoms with Crippen LogP contribution in [0.25, 0.3) is 0 Å². The summed E-state index contributed by atoms with van der Waals surface area (Å²) in [4.78, 5) is 4.08. The lowest BCUT2D eigenvalue weighted by atomic mass is 9.75. The molecule has 1 aliphatic rings. The molecule has 2 N–H and O–H groups in total. The Hall–Kier alpha value is -0.900. The quantitative estimate of drug-likeness (QED) is 0.829. The fourth-order valence-corrected chi connectivity index (χ4v) is 2.50. The topological polar surface area (TPSA) is 64.9 Å². The van der Waals surface area contributed by atoms with Gasteiger partial charge in [0.25, 0.3) is 0 Å². The first kappa shape index (κ1) is 10.6. The molecule has 1 aliphatic carbocycles. The van der Waals surface area contributed by atoms with Gasteiger partial charge in [0.2, 0.25) is 6.39 Å². The van der Waals surface area contributed by atoms with Crippen molar-refractivity contribution in [2.75, 3.05) is 0 Å². The SMILES string of the molecule is CCCC1CCC(N)(c2ncon2)CC1. The molecule has 1 saturated carbocycles. The summed E-state index contributed by atoms with van der Waals surface area (Å²) in [5.74, 6) is 1.52. The minimum Gasteiger partial charge on any atom is -0.343 e. The van der Waals surface area contributed by atoms with Crippen molar-refractivity contribution in [3.63, 3.8) is 0 Å². The molecule has 1 aromatic rings. The molecule has 1 fully saturated rings. The van der Waals surface area contributed by atoms with Crippen molar-refractivity contribution in [2.45, 2.75) is 51.0 Å². The number of aromatic nitrogens is 2. The molecule has 0 radical (unpaired) electrons. The van der Waals surface area contributed by atoms with E-state index in [1.807, 2.05) is 0 Å². The molecular formula is C11H19N3O. The van der Waals surface area contributed by atoms with Crippen LogP contribution in [0.1, 0.15) is 51.3 Å². The first-order valence-corrected chi connectivity index (χ1v) is 5.80. The molecule has 0 aromatic carbocycles. The highest BCUT2D eigenvalue weighted by Crippen LogP contribution is 2.37. The average Bonchev–Trinajstić information content (AvgIpc) is 2.76. The van der Waals surface area contributed by atoms with Gasteiger partial charge in [-0.1, -0.05) is 24.9 Å². The molecule has 1 aromatic heterocycles. The predicted octanol–water partition coefficient (Wildman–Crippen LogP) is 2.21. The van der Waals surface area contributed by atoms with E-state index in [9.17, 15) is 0 Å². The average molecular weight is 209 g/mol. The van der Waals surface area contributed by atoms with Gasteiger partial charge in [0.05, 0.1) is 5.54 Å². The lowest BCUT2D eigenvalue weighted by Gasteiger charge is -2.34. The van der Waals surface area contributed by atoms with E-state index in [1.165, 1.54) is 32.1 Å². The minimum atomic E-state index is -0.336. The zero-order valence-corrected chi connectivity index (χ0v) is 9.28. The number of nitrogens with zero attached hydrogens (tertiary/aromatic N) is 2. The van der Waals surface area contributed by atoms with Crippen molar-refractivity contribution in [3.8, 4) is 0 Å². The number of rotatable bonds is 3. The van der Waals surface area contributed by atoms with Gasteiger partial charge in [-0.25, -0.2) is 0 Å². The second-order valence-electron chi connectivity index (χ2n) is 4.64. The van der Waals surface area contributed by atoms with E-state index < -0.39 is 0 Å². The van der Waals surface area contributed by atoms with Crippen LogP contribution in [0.4, 0.5) is 0 Å². The van der Waals surface area contributed by atoms with Gasteiger partial charge in [-0.3, -0.25) is 0 Å².